The van der Waals surface area contributed by atoms with Crippen LogP contribution in [0.3, 0.4) is 0 Å². The second-order valence-corrected chi connectivity index (χ2v) is 4.86. The van der Waals surface area contributed by atoms with Gasteiger partial charge in [0.2, 0.25) is 5.95 Å². The number of aromatic nitrogens is 2. The predicted molar refractivity (Wildman–Crippen MR) is 63.9 cm³/mol. The standard InChI is InChI=1S/C10H15BrN4/c1-15-4-2-9(3-5-15)14-10-12-6-8(11)7-13-10/h6-7,9H,2-5H2,1H3,(H,12,13,14). The van der Waals surface area contributed by atoms with Crippen molar-refractivity contribution < 1.29 is 0 Å². The van der Waals surface area contributed by atoms with Crippen molar-refractivity contribution in [3.05, 3.63) is 16.9 Å². The molecule has 0 aliphatic carbocycles. The molecule has 0 bridgehead atoms. The zero-order chi connectivity index (χ0) is 10.7. The van der Waals surface area contributed by atoms with Crippen LogP contribution in [-0.4, -0.2) is 41.0 Å². The molecule has 0 unspecified atom stereocenters. The summed E-state index contributed by atoms with van der Waals surface area (Å²) < 4.78 is 0.913. The van der Waals surface area contributed by atoms with Crippen LogP contribution in [0.4, 0.5) is 5.95 Å². The number of anilines is 1. The molecule has 5 heteroatoms. The van der Waals surface area contributed by atoms with Crippen LogP contribution in [0.15, 0.2) is 16.9 Å². The van der Waals surface area contributed by atoms with E-state index in [1.54, 1.807) is 12.4 Å². The first-order chi connectivity index (χ1) is 7.24. The Kier molecular flexibility index (Phi) is 3.53. The number of hydrogen-bond donors (Lipinski definition) is 1. The minimum Gasteiger partial charge on any atom is -0.351 e. The van der Waals surface area contributed by atoms with Gasteiger partial charge in [-0.25, -0.2) is 9.97 Å². The molecule has 2 rings (SSSR count). The molecule has 82 valence electrons. The lowest BCUT2D eigenvalue weighted by Gasteiger charge is -2.29. The molecule has 0 aromatic carbocycles. The summed E-state index contributed by atoms with van der Waals surface area (Å²) in [7, 11) is 2.16. The number of nitrogens with zero attached hydrogens (tertiary/aromatic N) is 3. The van der Waals surface area contributed by atoms with E-state index in [1.807, 2.05) is 0 Å². The molecule has 0 amide bonds. The predicted octanol–water partition coefficient (Wildman–Crippen LogP) is 1.75. The first kappa shape index (κ1) is 10.8. The van der Waals surface area contributed by atoms with Crippen LogP contribution in [0, 0.1) is 0 Å². The number of hydrogen-bond acceptors (Lipinski definition) is 4. The highest BCUT2D eigenvalue weighted by atomic mass is 79.9. The molecule has 1 aliphatic heterocycles. The number of likely N-dealkylation sites (tertiary alicyclic amines) is 1. The molecule has 4 nitrogen and oxygen atoms in total. The lowest BCUT2D eigenvalue weighted by Crippen LogP contribution is -2.37. The molecule has 0 saturated carbocycles. The van der Waals surface area contributed by atoms with E-state index in [0.717, 1.165) is 36.4 Å². The molecular formula is C10H15BrN4. The lowest BCUT2D eigenvalue weighted by molar-refractivity contribution is 0.263. The van der Waals surface area contributed by atoms with Crippen LogP contribution in [0.25, 0.3) is 0 Å². The van der Waals surface area contributed by atoms with Gasteiger partial charge in [-0.15, -0.1) is 0 Å². The molecule has 1 aliphatic rings. The van der Waals surface area contributed by atoms with E-state index in [9.17, 15) is 0 Å². The molecule has 15 heavy (non-hydrogen) atoms. The Bertz CT molecular complexity index is 306. The Morgan fingerprint density at radius 3 is 2.53 bits per heavy atom. The Labute approximate surface area is 98.2 Å². The van der Waals surface area contributed by atoms with Crippen LogP contribution in [0.5, 0.6) is 0 Å². The second-order valence-electron chi connectivity index (χ2n) is 3.95. The van der Waals surface area contributed by atoms with Crippen molar-refractivity contribution in [2.24, 2.45) is 0 Å². The van der Waals surface area contributed by atoms with Gasteiger partial charge in [-0.3, -0.25) is 0 Å². The van der Waals surface area contributed by atoms with Crippen molar-refractivity contribution in [1.29, 1.82) is 0 Å². The van der Waals surface area contributed by atoms with E-state index < -0.39 is 0 Å². The molecule has 1 N–H and O–H groups in total. The smallest absolute Gasteiger partial charge is 0.222 e. The van der Waals surface area contributed by atoms with Gasteiger partial charge >= 0.3 is 0 Å². The molecule has 1 saturated heterocycles. The minimum atomic E-state index is 0.516. The lowest BCUT2D eigenvalue weighted by atomic mass is 10.1. The first-order valence-electron chi connectivity index (χ1n) is 5.16. The van der Waals surface area contributed by atoms with Crippen molar-refractivity contribution in [1.82, 2.24) is 14.9 Å². The molecule has 1 aromatic rings. The summed E-state index contributed by atoms with van der Waals surface area (Å²) in [5.74, 6) is 0.729. The van der Waals surface area contributed by atoms with Gasteiger partial charge in [0.05, 0.1) is 4.47 Å². The van der Waals surface area contributed by atoms with E-state index in [-0.39, 0.29) is 0 Å². The van der Waals surface area contributed by atoms with E-state index in [4.69, 9.17) is 0 Å². The Hall–Kier alpha value is -0.680. The summed E-state index contributed by atoms with van der Waals surface area (Å²) in [5.41, 5.74) is 0. The Morgan fingerprint density at radius 2 is 1.93 bits per heavy atom. The van der Waals surface area contributed by atoms with Crippen LogP contribution in [0.2, 0.25) is 0 Å². The summed E-state index contributed by atoms with van der Waals surface area (Å²) in [4.78, 5) is 10.8. The third-order valence-corrected chi connectivity index (χ3v) is 3.08. The van der Waals surface area contributed by atoms with Gasteiger partial charge in [-0.05, 0) is 48.9 Å². The zero-order valence-corrected chi connectivity index (χ0v) is 10.4. The fourth-order valence-corrected chi connectivity index (χ4v) is 1.93. The topological polar surface area (TPSA) is 41.0 Å². The van der Waals surface area contributed by atoms with E-state index >= 15 is 0 Å². The zero-order valence-electron chi connectivity index (χ0n) is 8.78. The van der Waals surface area contributed by atoms with E-state index in [0.29, 0.717) is 6.04 Å². The number of piperidine rings is 1. The average molecular weight is 271 g/mol. The summed E-state index contributed by atoms with van der Waals surface area (Å²) in [6.07, 6.45) is 5.86. The maximum atomic E-state index is 4.21. The molecular weight excluding hydrogens is 256 g/mol. The fourth-order valence-electron chi connectivity index (χ4n) is 1.72. The minimum absolute atomic E-state index is 0.516. The van der Waals surface area contributed by atoms with E-state index in [2.05, 4.69) is 43.2 Å². The molecule has 2 heterocycles. The van der Waals surface area contributed by atoms with Crippen LogP contribution < -0.4 is 5.32 Å². The Morgan fingerprint density at radius 1 is 1.33 bits per heavy atom. The van der Waals surface area contributed by atoms with Crippen molar-refractivity contribution >= 4 is 21.9 Å². The first-order valence-corrected chi connectivity index (χ1v) is 5.96. The fraction of sp³-hybridized carbons (Fsp3) is 0.600. The van der Waals surface area contributed by atoms with Gasteiger partial charge < -0.3 is 10.2 Å². The molecule has 1 aromatic heterocycles. The highest BCUT2D eigenvalue weighted by molar-refractivity contribution is 9.10. The van der Waals surface area contributed by atoms with Crippen molar-refractivity contribution in [2.75, 3.05) is 25.5 Å². The van der Waals surface area contributed by atoms with Crippen LogP contribution in [-0.2, 0) is 0 Å². The number of nitrogens with one attached hydrogen (secondary N) is 1. The summed E-state index contributed by atoms with van der Waals surface area (Å²) in [6.45, 7) is 2.29. The normalized spacial score (nSPS) is 19.1. The third-order valence-electron chi connectivity index (χ3n) is 2.67. The largest absolute Gasteiger partial charge is 0.351 e. The van der Waals surface area contributed by atoms with Gasteiger partial charge in [-0.2, -0.15) is 0 Å². The third kappa shape index (κ3) is 3.14. The number of rotatable bonds is 2. The summed E-state index contributed by atoms with van der Waals surface area (Å²) in [5, 5.41) is 3.36. The number of halogens is 1. The van der Waals surface area contributed by atoms with E-state index in [1.165, 1.54) is 0 Å². The Balaban J connectivity index is 1.89. The van der Waals surface area contributed by atoms with Crippen molar-refractivity contribution in [3.8, 4) is 0 Å². The second kappa shape index (κ2) is 4.90. The van der Waals surface area contributed by atoms with Gasteiger partial charge in [0, 0.05) is 18.4 Å². The maximum absolute atomic E-state index is 4.21. The maximum Gasteiger partial charge on any atom is 0.222 e. The van der Waals surface area contributed by atoms with Gasteiger partial charge in [0.15, 0.2) is 0 Å². The summed E-state index contributed by atoms with van der Waals surface area (Å²) >= 11 is 3.32. The molecule has 1 fully saturated rings. The van der Waals surface area contributed by atoms with Crippen molar-refractivity contribution in [2.45, 2.75) is 18.9 Å². The van der Waals surface area contributed by atoms with Crippen molar-refractivity contribution in [3.63, 3.8) is 0 Å². The molecule has 0 atom stereocenters. The molecule has 0 spiro atoms. The molecule has 0 radical (unpaired) electrons. The van der Waals surface area contributed by atoms with Gasteiger partial charge in [-0.1, -0.05) is 0 Å². The highest BCUT2D eigenvalue weighted by Gasteiger charge is 2.16. The summed E-state index contributed by atoms with van der Waals surface area (Å²) in [6, 6.07) is 0.516. The monoisotopic (exact) mass is 270 g/mol. The van der Waals surface area contributed by atoms with Gasteiger partial charge in [0.25, 0.3) is 0 Å². The SMILES string of the molecule is CN1CCC(Nc2ncc(Br)cn2)CC1. The quantitative estimate of drug-likeness (QED) is 0.889. The van der Waals surface area contributed by atoms with Gasteiger partial charge in [0.1, 0.15) is 0 Å². The van der Waals surface area contributed by atoms with Crippen LogP contribution >= 0.6 is 15.9 Å². The average Bonchev–Trinajstić information content (AvgIpc) is 2.25. The van der Waals surface area contributed by atoms with Crippen LogP contribution in [0.1, 0.15) is 12.8 Å². The highest BCUT2D eigenvalue weighted by Crippen LogP contribution is 2.13.